The molecule has 12 rings (SSSR count). The zero-order valence-electron chi connectivity index (χ0n) is 30.5. The van der Waals surface area contributed by atoms with Crippen molar-refractivity contribution in [3.8, 4) is 45.5 Å². The molecule has 0 aliphatic heterocycles. The van der Waals surface area contributed by atoms with Crippen molar-refractivity contribution >= 4 is 65.6 Å². The van der Waals surface area contributed by atoms with E-state index in [0.717, 1.165) is 82.8 Å². The molecule has 0 N–H and O–H groups in total. The Kier molecular flexibility index (Phi) is 6.83. The molecular formula is C51H31N5O. The lowest BCUT2D eigenvalue weighted by Crippen LogP contribution is -2.01. The van der Waals surface area contributed by atoms with Crippen molar-refractivity contribution in [1.82, 2.24) is 24.1 Å². The van der Waals surface area contributed by atoms with Crippen LogP contribution < -0.4 is 0 Å². The highest BCUT2D eigenvalue weighted by molar-refractivity contribution is 6.27. The minimum Gasteiger partial charge on any atom is -0.454 e. The van der Waals surface area contributed by atoms with Gasteiger partial charge in [0.05, 0.1) is 22.1 Å². The smallest absolute Gasteiger partial charge is 0.164 e. The Balaban J connectivity index is 1.18. The van der Waals surface area contributed by atoms with Crippen molar-refractivity contribution in [2.75, 3.05) is 0 Å². The Bertz CT molecular complexity index is 3450. The molecule has 4 aromatic heterocycles. The van der Waals surface area contributed by atoms with Gasteiger partial charge >= 0.3 is 0 Å². The minimum absolute atomic E-state index is 0.612. The van der Waals surface area contributed by atoms with Gasteiger partial charge in [-0.25, -0.2) is 15.0 Å². The number of hydrogen-bond donors (Lipinski definition) is 0. The van der Waals surface area contributed by atoms with Gasteiger partial charge in [-0.05, 0) is 42.5 Å². The summed E-state index contributed by atoms with van der Waals surface area (Å²) in [6, 6.07) is 65.5. The Labute approximate surface area is 326 Å². The van der Waals surface area contributed by atoms with Crippen molar-refractivity contribution in [3.05, 3.63) is 188 Å². The number of para-hydroxylation sites is 3. The van der Waals surface area contributed by atoms with E-state index >= 15 is 0 Å². The van der Waals surface area contributed by atoms with Crippen LogP contribution in [0.15, 0.2) is 192 Å². The van der Waals surface area contributed by atoms with Crippen LogP contribution in [0.25, 0.3) is 111 Å². The first-order valence-electron chi connectivity index (χ1n) is 19.1. The van der Waals surface area contributed by atoms with Crippen LogP contribution in [-0.4, -0.2) is 24.1 Å². The number of furan rings is 1. The SMILES string of the molecule is c1ccc(-c2nc(-c3ccccc3)nc(-c3cccc(-n4c5ccccc5c5ccc6c7ccc8c9ccccc9oc8c7n(-c7ccccc7)c6c54)c3)n2)cc1. The van der Waals surface area contributed by atoms with Gasteiger partial charge in [-0.2, -0.15) is 0 Å². The summed E-state index contributed by atoms with van der Waals surface area (Å²) in [6.07, 6.45) is 0. The highest BCUT2D eigenvalue weighted by Gasteiger charge is 2.24. The molecule has 266 valence electrons. The van der Waals surface area contributed by atoms with Crippen molar-refractivity contribution in [2.24, 2.45) is 0 Å². The fourth-order valence-electron chi connectivity index (χ4n) is 8.63. The molecule has 4 heterocycles. The first-order valence-corrected chi connectivity index (χ1v) is 19.1. The van der Waals surface area contributed by atoms with Gasteiger partial charge in [-0.1, -0.05) is 146 Å². The molecule has 0 amide bonds. The van der Waals surface area contributed by atoms with Gasteiger partial charge in [0.2, 0.25) is 0 Å². The summed E-state index contributed by atoms with van der Waals surface area (Å²) in [5.41, 5.74) is 11.0. The predicted molar refractivity (Wildman–Crippen MR) is 232 cm³/mol. The Morgan fingerprint density at radius 1 is 0.333 bits per heavy atom. The molecule has 0 saturated heterocycles. The molecule has 0 bridgehead atoms. The lowest BCUT2D eigenvalue weighted by Gasteiger charge is -2.14. The van der Waals surface area contributed by atoms with Crippen LogP contribution in [0.4, 0.5) is 0 Å². The highest BCUT2D eigenvalue weighted by Crippen LogP contribution is 2.45. The third-order valence-electron chi connectivity index (χ3n) is 11.1. The van der Waals surface area contributed by atoms with Crippen molar-refractivity contribution in [3.63, 3.8) is 0 Å². The van der Waals surface area contributed by atoms with Gasteiger partial charge in [0.1, 0.15) is 5.58 Å². The van der Waals surface area contributed by atoms with Gasteiger partial charge in [0, 0.05) is 60.4 Å². The van der Waals surface area contributed by atoms with Crippen LogP contribution in [0, 0.1) is 0 Å². The molecular weight excluding hydrogens is 699 g/mol. The van der Waals surface area contributed by atoms with Crippen LogP contribution in [0.1, 0.15) is 0 Å². The average molecular weight is 730 g/mol. The van der Waals surface area contributed by atoms with Crippen molar-refractivity contribution < 1.29 is 4.42 Å². The van der Waals surface area contributed by atoms with Crippen LogP contribution in [-0.2, 0) is 0 Å². The fraction of sp³-hybridized carbons (Fsp3) is 0. The number of nitrogens with zero attached hydrogens (tertiary/aromatic N) is 5. The number of aromatic nitrogens is 5. The third kappa shape index (κ3) is 4.81. The number of hydrogen-bond acceptors (Lipinski definition) is 4. The molecule has 0 unspecified atom stereocenters. The second-order valence-electron chi connectivity index (χ2n) is 14.4. The summed E-state index contributed by atoms with van der Waals surface area (Å²) in [4.78, 5) is 15.1. The van der Waals surface area contributed by atoms with Crippen LogP contribution in [0.2, 0.25) is 0 Å². The third-order valence-corrected chi connectivity index (χ3v) is 11.1. The minimum atomic E-state index is 0.612. The number of rotatable bonds is 5. The molecule has 0 atom stereocenters. The molecule has 6 nitrogen and oxygen atoms in total. The molecule has 0 aliphatic carbocycles. The van der Waals surface area contributed by atoms with Crippen molar-refractivity contribution in [2.45, 2.75) is 0 Å². The zero-order chi connectivity index (χ0) is 37.5. The monoisotopic (exact) mass is 729 g/mol. The molecule has 0 fully saturated rings. The summed E-state index contributed by atoms with van der Waals surface area (Å²) in [5, 5.41) is 6.85. The first kappa shape index (κ1) is 31.5. The maximum atomic E-state index is 6.74. The molecule has 12 aromatic rings. The van der Waals surface area contributed by atoms with E-state index in [0.29, 0.717) is 17.5 Å². The normalized spacial score (nSPS) is 11.9. The van der Waals surface area contributed by atoms with Gasteiger partial charge < -0.3 is 13.6 Å². The average Bonchev–Trinajstić information content (AvgIpc) is 3.95. The summed E-state index contributed by atoms with van der Waals surface area (Å²) < 4.78 is 11.6. The molecule has 6 heteroatoms. The van der Waals surface area contributed by atoms with E-state index < -0.39 is 0 Å². The van der Waals surface area contributed by atoms with Crippen LogP contribution >= 0.6 is 0 Å². The second kappa shape index (κ2) is 12.3. The Morgan fingerprint density at radius 3 is 1.53 bits per heavy atom. The summed E-state index contributed by atoms with van der Waals surface area (Å²) in [7, 11) is 0. The predicted octanol–water partition coefficient (Wildman–Crippen LogP) is 13.0. The summed E-state index contributed by atoms with van der Waals surface area (Å²) in [6.45, 7) is 0. The van der Waals surface area contributed by atoms with Crippen LogP contribution in [0.5, 0.6) is 0 Å². The van der Waals surface area contributed by atoms with E-state index in [2.05, 4.69) is 130 Å². The standard InChI is InChI=1S/C51H31N5O/c1-4-15-32(16-5-1)49-52-50(33-17-6-2-7-18-33)54-51(53-49)34-19-14-22-36(31-34)55-43-25-12-10-23-37(43)39-27-28-40-41-29-30-42-38-24-11-13-26-44(38)57-48(42)47(41)56(46(40)45(39)55)35-20-8-3-9-21-35/h1-31H. The van der Waals surface area contributed by atoms with E-state index in [9.17, 15) is 0 Å². The maximum Gasteiger partial charge on any atom is 0.164 e. The molecule has 57 heavy (non-hydrogen) atoms. The largest absolute Gasteiger partial charge is 0.454 e. The van der Waals surface area contributed by atoms with E-state index in [1.165, 1.54) is 10.8 Å². The molecule has 0 aliphatic rings. The van der Waals surface area contributed by atoms with E-state index in [4.69, 9.17) is 19.4 Å². The Hall–Kier alpha value is -7.83. The molecule has 8 aromatic carbocycles. The molecule has 0 radical (unpaired) electrons. The number of fused-ring (bicyclic) bond motifs is 11. The highest BCUT2D eigenvalue weighted by atomic mass is 16.3. The zero-order valence-corrected chi connectivity index (χ0v) is 30.5. The van der Waals surface area contributed by atoms with Gasteiger partial charge in [-0.3, -0.25) is 0 Å². The fourth-order valence-corrected chi connectivity index (χ4v) is 8.63. The van der Waals surface area contributed by atoms with E-state index in [1.807, 2.05) is 66.7 Å². The number of benzene rings is 8. The van der Waals surface area contributed by atoms with Gasteiger partial charge in [-0.15, -0.1) is 0 Å². The lowest BCUT2D eigenvalue weighted by atomic mass is 10.1. The van der Waals surface area contributed by atoms with Crippen LogP contribution in [0.3, 0.4) is 0 Å². The topological polar surface area (TPSA) is 61.7 Å². The lowest BCUT2D eigenvalue weighted by molar-refractivity contribution is 0.671. The van der Waals surface area contributed by atoms with Gasteiger partial charge in [0.15, 0.2) is 23.1 Å². The van der Waals surface area contributed by atoms with E-state index in [-0.39, 0.29) is 0 Å². The maximum absolute atomic E-state index is 6.74. The van der Waals surface area contributed by atoms with Crippen molar-refractivity contribution in [1.29, 1.82) is 0 Å². The summed E-state index contributed by atoms with van der Waals surface area (Å²) >= 11 is 0. The second-order valence-corrected chi connectivity index (χ2v) is 14.4. The first-order chi connectivity index (χ1) is 28.3. The van der Waals surface area contributed by atoms with Gasteiger partial charge in [0.25, 0.3) is 0 Å². The summed E-state index contributed by atoms with van der Waals surface area (Å²) in [5.74, 6) is 1.88. The van der Waals surface area contributed by atoms with E-state index in [1.54, 1.807) is 0 Å². The quantitative estimate of drug-likeness (QED) is 0.177. The molecule has 0 spiro atoms. The Morgan fingerprint density at radius 2 is 0.825 bits per heavy atom. The molecule has 0 saturated carbocycles.